The minimum atomic E-state index is -0.136. The van der Waals surface area contributed by atoms with Gasteiger partial charge < -0.3 is 9.47 Å². The molecule has 0 N–H and O–H groups in total. The third-order valence-electron chi connectivity index (χ3n) is 5.71. The second kappa shape index (κ2) is 15.8. The zero-order chi connectivity index (χ0) is 20.6. The molecule has 0 heterocycles. The van der Waals surface area contributed by atoms with Gasteiger partial charge in [0, 0.05) is 0 Å². The van der Waals surface area contributed by atoms with Crippen LogP contribution in [-0.2, 0) is 19.1 Å². The fourth-order valence-electron chi connectivity index (χ4n) is 3.94. The molecule has 1 aliphatic rings. The summed E-state index contributed by atoms with van der Waals surface area (Å²) in [5, 5.41) is 0. The van der Waals surface area contributed by atoms with E-state index < -0.39 is 0 Å². The lowest BCUT2D eigenvalue weighted by Gasteiger charge is -2.26. The molecule has 0 amide bonds. The Kier molecular flexibility index (Phi) is 14.1. The fourth-order valence-corrected chi connectivity index (χ4v) is 3.94. The summed E-state index contributed by atoms with van der Waals surface area (Å²) in [5.41, 5.74) is 0. The molecule has 2 atom stereocenters. The first-order valence-corrected chi connectivity index (χ1v) is 11.9. The Morgan fingerprint density at radius 3 is 1.82 bits per heavy atom. The van der Waals surface area contributed by atoms with E-state index in [0.717, 1.165) is 44.4 Å². The normalized spacial score (nSPS) is 19.6. The van der Waals surface area contributed by atoms with Crippen molar-refractivity contribution in [2.24, 2.45) is 17.8 Å². The summed E-state index contributed by atoms with van der Waals surface area (Å²) in [6, 6.07) is 0. The van der Waals surface area contributed by atoms with E-state index in [1.807, 2.05) is 6.92 Å². The van der Waals surface area contributed by atoms with Gasteiger partial charge in [0.15, 0.2) is 0 Å². The van der Waals surface area contributed by atoms with Crippen molar-refractivity contribution in [3.63, 3.8) is 0 Å². The van der Waals surface area contributed by atoms with Crippen molar-refractivity contribution < 1.29 is 19.1 Å². The van der Waals surface area contributed by atoms with Gasteiger partial charge in [-0.2, -0.15) is 0 Å². The maximum absolute atomic E-state index is 12.3. The molecule has 0 spiro atoms. The minimum absolute atomic E-state index is 0.113. The number of rotatable bonds is 15. The van der Waals surface area contributed by atoms with Crippen LogP contribution in [0, 0.1) is 17.8 Å². The van der Waals surface area contributed by atoms with Crippen LogP contribution in [0.3, 0.4) is 0 Å². The number of esters is 2. The molecule has 1 rings (SSSR count). The number of ether oxygens (including phenoxy) is 2. The number of carbonyl (C=O) groups excluding carboxylic acids is 2. The predicted octanol–water partition coefficient (Wildman–Crippen LogP) is 6.46. The van der Waals surface area contributed by atoms with Crippen LogP contribution in [0.25, 0.3) is 0 Å². The van der Waals surface area contributed by atoms with Crippen molar-refractivity contribution in [3.8, 4) is 0 Å². The Morgan fingerprint density at radius 1 is 0.786 bits per heavy atom. The fraction of sp³-hybridized carbons (Fsp3) is 0.917. The van der Waals surface area contributed by atoms with E-state index in [2.05, 4.69) is 13.8 Å². The number of hydrogen-bond acceptors (Lipinski definition) is 4. The Labute approximate surface area is 173 Å². The number of hydrogen-bond donors (Lipinski definition) is 0. The largest absolute Gasteiger partial charge is 0.465 e. The predicted molar refractivity (Wildman–Crippen MR) is 114 cm³/mol. The molecular formula is C24H44O4. The lowest BCUT2D eigenvalue weighted by molar-refractivity contribution is -0.155. The Bertz CT molecular complexity index is 419. The molecule has 2 unspecified atom stereocenters. The lowest BCUT2D eigenvalue weighted by atomic mass is 9.81. The Morgan fingerprint density at radius 2 is 1.29 bits per heavy atom. The van der Waals surface area contributed by atoms with Crippen molar-refractivity contribution in [2.45, 2.75) is 111 Å². The third kappa shape index (κ3) is 11.7. The maximum Gasteiger partial charge on any atom is 0.308 e. The quantitative estimate of drug-likeness (QED) is 0.235. The monoisotopic (exact) mass is 396 g/mol. The van der Waals surface area contributed by atoms with E-state index in [1.54, 1.807) is 0 Å². The van der Waals surface area contributed by atoms with Crippen LogP contribution in [0.15, 0.2) is 0 Å². The first kappa shape index (κ1) is 25.0. The SMILES string of the molecule is CCCOC(=O)C1CCCC(C(=O)OCCCCCCCCCCC(C)C)C1. The summed E-state index contributed by atoms with van der Waals surface area (Å²) in [5.74, 6) is 0.330. The highest BCUT2D eigenvalue weighted by Gasteiger charge is 2.32. The minimum Gasteiger partial charge on any atom is -0.465 e. The van der Waals surface area contributed by atoms with Crippen LogP contribution < -0.4 is 0 Å². The molecule has 0 radical (unpaired) electrons. The van der Waals surface area contributed by atoms with Gasteiger partial charge in [0.25, 0.3) is 0 Å². The van der Waals surface area contributed by atoms with Crippen molar-refractivity contribution >= 4 is 11.9 Å². The average Bonchev–Trinajstić information content (AvgIpc) is 2.69. The molecule has 0 aromatic heterocycles. The van der Waals surface area contributed by atoms with Crippen LogP contribution >= 0.6 is 0 Å². The molecule has 28 heavy (non-hydrogen) atoms. The summed E-state index contributed by atoms with van der Waals surface area (Å²) >= 11 is 0. The van der Waals surface area contributed by atoms with Gasteiger partial charge in [0.1, 0.15) is 0 Å². The highest BCUT2D eigenvalue weighted by atomic mass is 16.5. The molecule has 4 heteroatoms. The number of carbonyl (C=O) groups is 2. The zero-order valence-corrected chi connectivity index (χ0v) is 18.7. The van der Waals surface area contributed by atoms with Gasteiger partial charge in [-0.15, -0.1) is 0 Å². The molecule has 0 saturated heterocycles. The summed E-state index contributed by atoms with van der Waals surface area (Å²) in [6.45, 7) is 7.57. The van der Waals surface area contributed by atoms with Gasteiger partial charge in [-0.3, -0.25) is 9.59 Å². The highest BCUT2D eigenvalue weighted by molar-refractivity contribution is 5.76. The molecule has 0 aromatic carbocycles. The van der Waals surface area contributed by atoms with Crippen molar-refractivity contribution in [1.82, 2.24) is 0 Å². The van der Waals surface area contributed by atoms with E-state index in [9.17, 15) is 9.59 Å². The molecule has 164 valence electrons. The van der Waals surface area contributed by atoms with Gasteiger partial charge in [-0.05, 0) is 38.0 Å². The second-order valence-electron chi connectivity index (χ2n) is 8.91. The van der Waals surface area contributed by atoms with E-state index in [4.69, 9.17) is 9.47 Å². The van der Waals surface area contributed by atoms with E-state index in [-0.39, 0.29) is 23.8 Å². The second-order valence-corrected chi connectivity index (χ2v) is 8.91. The van der Waals surface area contributed by atoms with Crippen LogP contribution in [0.2, 0.25) is 0 Å². The van der Waals surface area contributed by atoms with Crippen LogP contribution in [0.5, 0.6) is 0 Å². The molecule has 1 fully saturated rings. The Balaban J connectivity index is 2.02. The maximum atomic E-state index is 12.3. The first-order valence-electron chi connectivity index (χ1n) is 11.9. The van der Waals surface area contributed by atoms with E-state index >= 15 is 0 Å². The van der Waals surface area contributed by atoms with Gasteiger partial charge in [-0.25, -0.2) is 0 Å². The molecular weight excluding hydrogens is 352 g/mol. The van der Waals surface area contributed by atoms with Crippen molar-refractivity contribution in [2.75, 3.05) is 13.2 Å². The standard InChI is InChI=1S/C24H44O4/c1-4-17-27-23(25)21-15-13-16-22(19-21)24(26)28-18-12-10-8-6-5-7-9-11-14-20(2)3/h20-22H,4-19H2,1-3H3. The van der Waals surface area contributed by atoms with Crippen molar-refractivity contribution in [3.05, 3.63) is 0 Å². The average molecular weight is 397 g/mol. The highest BCUT2D eigenvalue weighted by Crippen LogP contribution is 2.31. The lowest BCUT2D eigenvalue weighted by Crippen LogP contribution is -2.30. The van der Waals surface area contributed by atoms with E-state index in [0.29, 0.717) is 19.6 Å². The molecule has 1 saturated carbocycles. The topological polar surface area (TPSA) is 52.6 Å². The van der Waals surface area contributed by atoms with Gasteiger partial charge in [-0.1, -0.05) is 78.6 Å². The molecule has 0 bridgehead atoms. The van der Waals surface area contributed by atoms with Crippen LogP contribution in [-0.4, -0.2) is 25.2 Å². The molecule has 4 nitrogen and oxygen atoms in total. The third-order valence-corrected chi connectivity index (χ3v) is 5.71. The summed E-state index contributed by atoms with van der Waals surface area (Å²) in [4.78, 5) is 24.3. The first-order chi connectivity index (χ1) is 13.5. The summed E-state index contributed by atoms with van der Waals surface area (Å²) < 4.78 is 10.7. The molecule has 0 aromatic rings. The van der Waals surface area contributed by atoms with Gasteiger partial charge in [0.2, 0.25) is 0 Å². The molecule has 0 aliphatic heterocycles. The zero-order valence-electron chi connectivity index (χ0n) is 18.7. The molecule has 1 aliphatic carbocycles. The number of unbranched alkanes of at least 4 members (excludes halogenated alkanes) is 7. The Hall–Kier alpha value is -1.06. The van der Waals surface area contributed by atoms with Crippen LogP contribution in [0.4, 0.5) is 0 Å². The smallest absolute Gasteiger partial charge is 0.308 e. The van der Waals surface area contributed by atoms with Gasteiger partial charge in [0.05, 0.1) is 25.0 Å². The summed E-state index contributed by atoms with van der Waals surface area (Å²) in [7, 11) is 0. The summed E-state index contributed by atoms with van der Waals surface area (Å²) in [6.07, 6.45) is 15.4. The van der Waals surface area contributed by atoms with Gasteiger partial charge >= 0.3 is 11.9 Å². The van der Waals surface area contributed by atoms with Crippen molar-refractivity contribution in [1.29, 1.82) is 0 Å². The van der Waals surface area contributed by atoms with E-state index in [1.165, 1.54) is 44.9 Å². The van der Waals surface area contributed by atoms with Crippen LogP contribution in [0.1, 0.15) is 111 Å².